The summed E-state index contributed by atoms with van der Waals surface area (Å²) < 4.78 is 13.9. The Labute approximate surface area is 118 Å². The van der Waals surface area contributed by atoms with E-state index in [0.717, 1.165) is 18.4 Å². The molecule has 0 heterocycles. The summed E-state index contributed by atoms with van der Waals surface area (Å²) in [4.78, 5) is 12.0. The Hall–Kier alpha value is -1.03. The zero-order valence-electron chi connectivity index (χ0n) is 11.5. The Kier molecular flexibility index (Phi) is 4.50. The van der Waals surface area contributed by atoms with Crippen molar-refractivity contribution in [2.24, 2.45) is 0 Å². The highest BCUT2D eigenvalue weighted by Gasteiger charge is 2.33. The number of nitrogens with one attached hydrogen (secondary N) is 1. The lowest BCUT2D eigenvalue weighted by molar-refractivity contribution is 0.0945. The van der Waals surface area contributed by atoms with Crippen molar-refractivity contribution in [3.63, 3.8) is 0 Å². The van der Waals surface area contributed by atoms with Gasteiger partial charge in [-0.1, -0.05) is 18.9 Å². The standard InChI is InChI=1S/C15H20FNOS/c1-11-5-6-12(13(16)9-11)14(18)17-10-15(19-2)7-3-4-8-15/h5-6,9H,3-4,7-8,10H2,1-2H3,(H,17,18). The maximum absolute atomic E-state index is 13.7. The van der Waals surface area contributed by atoms with Crippen molar-refractivity contribution in [2.75, 3.05) is 12.8 Å². The van der Waals surface area contributed by atoms with Crippen molar-refractivity contribution in [2.45, 2.75) is 37.4 Å². The number of carbonyl (C=O) groups excluding carboxylic acids is 1. The smallest absolute Gasteiger partial charge is 0.254 e. The van der Waals surface area contributed by atoms with Crippen molar-refractivity contribution in [1.29, 1.82) is 0 Å². The largest absolute Gasteiger partial charge is 0.351 e. The van der Waals surface area contributed by atoms with Gasteiger partial charge in [0.1, 0.15) is 5.82 Å². The number of benzene rings is 1. The van der Waals surface area contributed by atoms with Crippen LogP contribution in [0.2, 0.25) is 0 Å². The lowest BCUT2D eigenvalue weighted by Gasteiger charge is -2.26. The van der Waals surface area contributed by atoms with Gasteiger partial charge in [-0.3, -0.25) is 4.79 Å². The molecule has 1 amide bonds. The molecule has 0 saturated heterocycles. The SMILES string of the molecule is CSC1(CNC(=O)c2ccc(C)cc2F)CCCC1. The minimum absolute atomic E-state index is 0.139. The van der Waals surface area contributed by atoms with E-state index in [-0.39, 0.29) is 16.2 Å². The molecule has 4 heteroatoms. The number of carbonyl (C=O) groups is 1. The second-order valence-electron chi connectivity index (χ2n) is 5.26. The Balaban J connectivity index is 2.01. The summed E-state index contributed by atoms with van der Waals surface area (Å²) in [6.45, 7) is 2.44. The van der Waals surface area contributed by atoms with E-state index in [1.165, 1.54) is 18.9 Å². The first-order valence-electron chi connectivity index (χ1n) is 6.66. The van der Waals surface area contributed by atoms with Crippen LogP contribution in [-0.4, -0.2) is 23.5 Å². The Bertz CT molecular complexity index is 469. The fraction of sp³-hybridized carbons (Fsp3) is 0.533. The summed E-state index contributed by atoms with van der Waals surface area (Å²) in [6.07, 6.45) is 6.78. The predicted molar refractivity (Wildman–Crippen MR) is 78.2 cm³/mol. The molecule has 1 saturated carbocycles. The highest BCUT2D eigenvalue weighted by Crippen LogP contribution is 2.39. The highest BCUT2D eigenvalue weighted by atomic mass is 32.2. The predicted octanol–water partition coefficient (Wildman–Crippen LogP) is 3.54. The molecule has 19 heavy (non-hydrogen) atoms. The molecule has 1 N–H and O–H groups in total. The lowest BCUT2D eigenvalue weighted by Crippen LogP contribution is -2.38. The normalized spacial score (nSPS) is 17.4. The van der Waals surface area contributed by atoms with E-state index in [4.69, 9.17) is 0 Å². The van der Waals surface area contributed by atoms with E-state index in [1.807, 2.05) is 18.7 Å². The topological polar surface area (TPSA) is 29.1 Å². The molecule has 2 nitrogen and oxygen atoms in total. The number of thioether (sulfide) groups is 1. The molecular formula is C15H20FNOS. The summed E-state index contributed by atoms with van der Waals surface area (Å²) in [5, 5.41) is 2.89. The molecule has 1 fully saturated rings. The van der Waals surface area contributed by atoms with Crippen molar-refractivity contribution in [3.05, 3.63) is 35.1 Å². The second kappa shape index (κ2) is 5.95. The summed E-state index contributed by atoms with van der Waals surface area (Å²) in [7, 11) is 0. The first-order valence-corrected chi connectivity index (χ1v) is 7.88. The van der Waals surface area contributed by atoms with Crippen molar-refractivity contribution in [1.82, 2.24) is 5.32 Å². The second-order valence-corrected chi connectivity index (χ2v) is 6.53. The highest BCUT2D eigenvalue weighted by molar-refractivity contribution is 8.00. The molecule has 1 aromatic carbocycles. The zero-order chi connectivity index (χ0) is 13.9. The minimum atomic E-state index is -0.442. The van der Waals surface area contributed by atoms with E-state index >= 15 is 0 Å². The molecule has 2 rings (SSSR count). The van der Waals surface area contributed by atoms with Crippen molar-refractivity contribution in [3.8, 4) is 0 Å². The first kappa shape index (κ1) is 14.4. The Morgan fingerprint density at radius 1 is 1.42 bits per heavy atom. The molecular weight excluding hydrogens is 261 g/mol. The molecule has 0 bridgehead atoms. The third kappa shape index (κ3) is 3.30. The van der Waals surface area contributed by atoms with Crippen LogP contribution in [0.4, 0.5) is 4.39 Å². The molecule has 0 aliphatic heterocycles. The summed E-state index contributed by atoms with van der Waals surface area (Å²) in [6, 6.07) is 4.72. The number of hydrogen-bond donors (Lipinski definition) is 1. The van der Waals surface area contributed by atoms with Crippen LogP contribution in [0.1, 0.15) is 41.6 Å². The van der Waals surface area contributed by atoms with Crippen LogP contribution in [-0.2, 0) is 0 Å². The number of halogens is 1. The summed E-state index contributed by atoms with van der Waals surface area (Å²) in [5.41, 5.74) is 0.963. The van der Waals surface area contributed by atoms with Crippen LogP contribution in [0.5, 0.6) is 0 Å². The molecule has 104 valence electrons. The third-order valence-electron chi connectivity index (χ3n) is 3.89. The quantitative estimate of drug-likeness (QED) is 0.914. The van der Waals surface area contributed by atoms with Crippen molar-refractivity contribution >= 4 is 17.7 Å². The van der Waals surface area contributed by atoms with E-state index < -0.39 is 5.82 Å². The van der Waals surface area contributed by atoms with Gasteiger partial charge in [0.15, 0.2) is 0 Å². The third-order valence-corrected chi connectivity index (χ3v) is 5.31. The Morgan fingerprint density at radius 2 is 2.11 bits per heavy atom. The monoisotopic (exact) mass is 281 g/mol. The molecule has 0 spiro atoms. The average molecular weight is 281 g/mol. The van der Waals surface area contributed by atoms with Crippen LogP contribution in [0.25, 0.3) is 0 Å². The van der Waals surface area contributed by atoms with E-state index in [0.29, 0.717) is 6.54 Å². The van der Waals surface area contributed by atoms with Crippen LogP contribution in [0, 0.1) is 12.7 Å². The molecule has 1 aromatic rings. The van der Waals surface area contributed by atoms with E-state index in [9.17, 15) is 9.18 Å². The fourth-order valence-electron chi connectivity index (χ4n) is 2.61. The van der Waals surface area contributed by atoms with Gasteiger partial charge >= 0.3 is 0 Å². The van der Waals surface area contributed by atoms with Crippen LogP contribution in [0.15, 0.2) is 18.2 Å². The van der Waals surface area contributed by atoms with Gasteiger partial charge in [-0.15, -0.1) is 0 Å². The zero-order valence-corrected chi connectivity index (χ0v) is 12.3. The number of aryl methyl sites for hydroxylation is 1. The first-order chi connectivity index (χ1) is 9.06. The molecule has 1 aliphatic carbocycles. The fourth-order valence-corrected chi connectivity index (χ4v) is 3.53. The molecule has 0 atom stereocenters. The minimum Gasteiger partial charge on any atom is -0.351 e. The van der Waals surface area contributed by atoms with Crippen molar-refractivity contribution < 1.29 is 9.18 Å². The van der Waals surface area contributed by atoms with Gasteiger partial charge in [-0.25, -0.2) is 4.39 Å². The molecule has 0 radical (unpaired) electrons. The Morgan fingerprint density at radius 3 is 2.68 bits per heavy atom. The lowest BCUT2D eigenvalue weighted by atomic mass is 10.1. The van der Waals surface area contributed by atoms with Crippen LogP contribution >= 0.6 is 11.8 Å². The maximum atomic E-state index is 13.7. The molecule has 1 aliphatic rings. The number of rotatable bonds is 4. The molecule has 0 unspecified atom stereocenters. The van der Waals surface area contributed by atoms with Crippen LogP contribution < -0.4 is 5.32 Å². The maximum Gasteiger partial charge on any atom is 0.254 e. The van der Waals surface area contributed by atoms with Gasteiger partial charge < -0.3 is 5.32 Å². The van der Waals surface area contributed by atoms with Gasteiger partial charge in [0.25, 0.3) is 5.91 Å². The van der Waals surface area contributed by atoms with Gasteiger partial charge in [0, 0.05) is 11.3 Å². The number of amides is 1. The van der Waals surface area contributed by atoms with Gasteiger partial charge in [0.2, 0.25) is 0 Å². The van der Waals surface area contributed by atoms with Crippen LogP contribution in [0.3, 0.4) is 0 Å². The molecule has 0 aromatic heterocycles. The van der Waals surface area contributed by atoms with Gasteiger partial charge in [-0.2, -0.15) is 11.8 Å². The average Bonchev–Trinajstić information content (AvgIpc) is 2.85. The summed E-state index contributed by atoms with van der Waals surface area (Å²) in [5.74, 6) is -0.750. The van der Waals surface area contributed by atoms with E-state index in [2.05, 4.69) is 11.6 Å². The van der Waals surface area contributed by atoms with E-state index in [1.54, 1.807) is 12.1 Å². The van der Waals surface area contributed by atoms with Gasteiger partial charge in [0.05, 0.1) is 5.56 Å². The van der Waals surface area contributed by atoms with Gasteiger partial charge in [-0.05, 0) is 43.7 Å². The summed E-state index contributed by atoms with van der Waals surface area (Å²) >= 11 is 1.82. The number of hydrogen-bond acceptors (Lipinski definition) is 2.